The van der Waals surface area contributed by atoms with E-state index in [0.29, 0.717) is 5.82 Å². The van der Waals surface area contributed by atoms with E-state index in [1.54, 1.807) is 11.3 Å². The zero-order valence-electron chi connectivity index (χ0n) is 21.7. The molecule has 4 heterocycles. The van der Waals surface area contributed by atoms with Gasteiger partial charge in [-0.25, -0.2) is 9.97 Å². The molecule has 8 heteroatoms. The number of hydrogen-bond donors (Lipinski definition) is 2. The zero-order chi connectivity index (χ0) is 25.1. The summed E-state index contributed by atoms with van der Waals surface area (Å²) in [7, 11) is 0. The van der Waals surface area contributed by atoms with Gasteiger partial charge in [0.15, 0.2) is 5.82 Å². The number of aromatic nitrogens is 3. The van der Waals surface area contributed by atoms with Crippen LogP contribution in [0, 0.1) is 0 Å². The number of nitrogen functional groups attached to an aromatic ring is 1. The molecular formula is C28H38N6OS. The second kappa shape index (κ2) is 10.8. The van der Waals surface area contributed by atoms with Crippen molar-refractivity contribution in [2.75, 3.05) is 38.6 Å². The Morgan fingerprint density at radius 3 is 2.75 bits per heavy atom. The zero-order valence-corrected chi connectivity index (χ0v) is 22.5. The average molecular weight is 507 g/mol. The highest BCUT2D eigenvalue weighted by Crippen LogP contribution is 2.33. The van der Waals surface area contributed by atoms with Crippen LogP contribution in [0.2, 0.25) is 0 Å². The summed E-state index contributed by atoms with van der Waals surface area (Å²) in [6, 6.07) is 11.0. The fourth-order valence-electron chi connectivity index (χ4n) is 5.17. The number of fused-ring (bicyclic) bond motifs is 3. The number of nitrogens with zero attached hydrogens (tertiary/aromatic N) is 4. The fourth-order valence-corrected chi connectivity index (χ4v) is 6.05. The summed E-state index contributed by atoms with van der Waals surface area (Å²) in [5.41, 5.74) is 11.9. The Bertz CT molecular complexity index is 1320. The first-order valence-electron chi connectivity index (χ1n) is 13.1. The van der Waals surface area contributed by atoms with Gasteiger partial charge in [-0.15, -0.1) is 11.3 Å². The Kier molecular flexibility index (Phi) is 7.57. The molecule has 0 bridgehead atoms. The number of unbranched alkanes of at least 4 members (excludes halogenated alkanes) is 1. The Morgan fingerprint density at radius 1 is 1.14 bits per heavy atom. The van der Waals surface area contributed by atoms with Crippen LogP contribution in [0.4, 0.5) is 5.82 Å². The third-order valence-electron chi connectivity index (χ3n) is 7.23. The fraction of sp³-hybridized carbons (Fsp3) is 0.500. The highest BCUT2D eigenvalue weighted by Gasteiger charge is 2.27. The van der Waals surface area contributed by atoms with Crippen LogP contribution in [0.25, 0.3) is 21.3 Å². The van der Waals surface area contributed by atoms with Crippen molar-refractivity contribution in [2.24, 2.45) is 0 Å². The Morgan fingerprint density at radius 2 is 1.94 bits per heavy atom. The molecule has 1 aromatic carbocycles. The molecule has 3 N–H and O–H groups in total. The van der Waals surface area contributed by atoms with Gasteiger partial charge in [-0.05, 0) is 42.8 Å². The molecule has 0 amide bonds. The molecule has 5 rings (SSSR count). The van der Waals surface area contributed by atoms with E-state index >= 15 is 0 Å². The van der Waals surface area contributed by atoms with Crippen LogP contribution in [-0.4, -0.2) is 57.8 Å². The van der Waals surface area contributed by atoms with Crippen molar-refractivity contribution in [3.63, 3.8) is 0 Å². The highest BCUT2D eigenvalue weighted by atomic mass is 32.1. The van der Waals surface area contributed by atoms with Crippen molar-refractivity contribution in [3.05, 3.63) is 52.7 Å². The number of ether oxygens (including phenoxy) is 1. The monoisotopic (exact) mass is 506 g/mol. The van der Waals surface area contributed by atoms with Gasteiger partial charge < -0.3 is 20.4 Å². The Labute approximate surface area is 217 Å². The van der Waals surface area contributed by atoms with Crippen LogP contribution in [-0.2, 0) is 24.2 Å². The topological polar surface area (TPSA) is 81.2 Å². The minimum atomic E-state index is 0.103. The van der Waals surface area contributed by atoms with E-state index in [1.807, 2.05) is 6.07 Å². The van der Waals surface area contributed by atoms with Crippen LogP contribution in [0.5, 0.6) is 0 Å². The lowest BCUT2D eigenvalue weighted by Crippen LogP contribution is -2.54. The molecule has 1 fully saturated rings. The van der Waals surface area contributed by atoms with Gasteiger partial charge in [0.1, 0.15) is 11.3 Å². The summed E-state index contributed by atoms with van der Waals surface area (Å²) < 4.78 is 9.06. The van der Waals surface area contributed by atoms with Crippen LogP contribution in [0.3, 0.4) is 0 Å². The molecule has 36 heavy (non-hydrogen) atoms. The van der Waals surface area contributed by atoms with Gasteiger partial charge in [0, 0.05) is 44.7 Å². The van der Waals surface area contributed by atoms with E-state index in [0.717, 1.165) is 92.3 Å². The van der Waals surface area contributed by atoms with Crippen molar-refractivity contribution in [3.8, 4) is 0 Å². The standard InChI is InChI=1S/C28H38N6OS/c1-4-5-9-23-32-24-25(26-22(10-15-36-26)31-27(24)29)34(23)18-21-8-6-7-20(16-21)17-30-19-28(2,3)33-11-13-35-14-12-33/h6-8,10,15-16,30H,4-5,9,11-14,17-19H2,1-3H3,(H2,29,31). The quantitative estimate of drug-likeness (QED) is 0.321. The lowest BCUT2D eigenvalue weighted by molar-refractivity contribution is -0.00966. The lowest BCUT2D eigenvalue weighted by Gasteiger charge is -2.41. The first-order valence-corrected chi connectivity index (χ1v) is 14.0. The summed E-state index contributed by atoms with van der Waals surface area (Å²) in [4.78, 5) is 12.1. The lowest BCUT2D eigenvalue weighted by atomic mass is 10.0. The smallest absolute Gasteiger partial charge is 0.152 e. The maximum absolute atomic E-state index is 6.35. The summed E-state index contributed by atoms with van der Waals surface area (Å²) in [6.07, 6.45) is 3.18. The normalized spacial score (nSPS) is 15.3. The van der Waals surface area contributed by atoms with Crippen molar-refractivity contribution in [1.82, 2.24) is 24.8 Å². The van der Waals surface area contributed by atoms with E-state index in [2.05, 4.69) is 70.2 Å². The third-order valence-corrected chi connectivity index (χ3v) is 8.14. The van der Waals surface area contributed by atoms with E-state index in [-0.39, 0.29) is 5.54 Å². The molecule has 4 aromatic rings. The average Bonchev–Trinajstić information content (AvgIpc) is 3.48. The number of pyridine rings is 1. The van der Waals surface area contributed by atoms with Gasteiger partial charge >= 0.3 is 0 Å². The van der Waals surface area contributed by atoms with Crippen LogP contribution >= 0.6 is 11.3 Å². The molecule has 7 nitrogen and oxygen atoms in total. The molecule has 1 saturated heterocycles. The molecule has 1 aliphatic heterocycles. The molecule has 0 spiro atoms. The summed E-state index contributed by atoms with van der Waals surface area (Å²) >= 11 is 1.71. The number of hydrogen-bond acceptors (Lipinski definition) is 7. The number of thiophene rings is 1. The number of anilines is 1. The summed E-state index contributed by atoms with van der Waals surface area (Å²) in [5.74, 6) is 1.62. The number of nitrogens with two attached hydrogens (primary N) is 1. The number of rotatable bonds is 10. The van der Waals surface area contributed by atoms with Gasteiger partial charge in [-0.1, -0.05) is 37.6 Å². The molecule has 0 saturated carbocycles. The van der Waals surface area contributed by atoms with Gasteiger partial charge in [-0.3, -0.25) is 4.90 Å². The van der Waals surface area contributed by atoms with E-state index < -0.39 is 0 Å². The minimum Gasteiger partial charge on any atom is -0.382 e. The maximum atomic E-state index is 6.35. The molecular weight excluding hydrogens is 468 g/mol. The Balaban J connectivity index is 1.36. The predicted molar refractivity (Wildman–Crippen MR) is 150 cm³/mol. The first-order chi connectivity index (χ1) is 17.5. The second-order valence-electron chi connectivity index (χ2n) is 10.4. The van der Waals surface area contributed by atoms with Crippen molar-refractivity contribution in [1.29, 1.82) is 0 Å². The molecule has 0 unspecified atom stereocenters. The maximum Gasteiger partial charge on any atom is 0.152 e. The summed E-state index contributed by atoms with van der Waals surface area (Å²) in [6.45, 7) is 13.1. The number of nitrogens with one attached hydrogen (secondary N) is 1. The van der Waals surface area contributed by atoms with Gasteiger partial charge in [-0.2, -0.15) is 0 Å². The second-order valence-corrected chi connectivity index (χ2v) is 11.3. The van der Waals surface area contributed by atoms with E-state index in [1.165, 1.54) is 11.1 Å². The largest absolute Gasteiger partial charge is 0.382 e. The minimum absolute atomic E-state index is 0.103. The third kappa shape index (κ3) is 5.27. The molecule has 1 aliphatic rings. The number of imidazole rings is 1. The SMILES string of the molecule is CCCCc1nc2c(N)nc3ccsc3c2n1Cc1cccc(CNCC(C)(C)N2CCOCC2)c1. The predicted octanol–water partition coefficient (Wildman–Crippen LogP) is 4.82. The van der Waals surface area contributed by atoms with Crippen molar-refractivity contribution < 1.29 is 4.74 Å². The van der Waals surface area contributed by atoms with E-state index in [9.17, 15) is 0 Å². The molecule has 0 radical (unpaired) electrons. The van der Waals surface area contributed by atoms with Crippen molar-refractivity contribution in [2.45, 2.75) is 58.7 Å². The Hall–Kier alpha value is -2.52. The number of aryl methyl sites for hydroxylation is 1. The summed E-state index contributed by atoms with van der Waals surface area (Å²) in [5, 5.41) is 5.79. The molecule has 0 aliphatic carbocycles. The molecule has 0 atom stereocenters. The van der Waals surface area contributed by atoms with Crippen LogP contribution < -0.4 is 11.1 Å². The van der Waals surface area contributed by atoms with E-state index in [4.69, 9.17) is 15.5 Å². The van der Waals surface area contributed by atoms with Crippen LogP contribution in [0.15, 0.2) is 35.7 Å². The van der Waals surface area contributed by atoms with Crippen molar-refractivity contribution >= 4 is 38.4 Å². The van der Waals surface area contributed by atoms with Crippen LogP contribution in [0.1, 0.15) is 50.6 Å². The molecule has 3 aromatic heterocycles. The highest BCUT2D eigenvalue weighted by molar-refractivity contribution is 7.18. The van der Waals surface area contributed by atoms with Gasteiger partial charge in [0.05, 0.1) is 28.9 Å². The van der Waals surface area contributed by atoms with Gasteiger partial charge in [0.25, 0.3) is 0 Å². The van der Waals surface area contributed by atoms with Gasteiger partial charge in [0.2, 0.25) is 0 Å². The number of morpholine rings is 1. The first kappa shape index (κ1) is 25.1. The molecule has 192 valence electrons. The number of benzene rings is 1.